The van der Waals surface area contributed by atoms with Crippen LogP contribution in [-0.2, 0) is 4.74 Å². The normalized spacial score (nSPS) is 20.8. The first-order valence-electron chi connectivity index (χ1n) is 2.64. The van der Waals surface area contributed by atoms with Gasteiger partial charge in [0.05, 0.1) is 13.2 Å². The van der Waals surface area contributed by atoms with Crippen molar-refractivity contribution >= 4 is 17.7 Å². The fourth-order valence-corrected chi connectivity index (χ4v) is 0.837. The molecule has 0 aliphatic carbocycles. The first-order valence-corrected chi connectivity index (χ1v) is 3.05. The maximum absolute atomic E-state index is 5.07. The first kappa shape index (κ1) is 5.98. The van der Waals surface area contributed by atoms with Crippen molar-refractivity contribution in [2.75, 3.05) is 26.3 Å². The highest BCUT2D eigenvalue weighted by atomic mass is 32.1. The number of nitrogens with zero attached hydrogens (tertiary/aromatic N) is 1. The summed E-state index contributed by atoms with van der Waals surface area (Å²) in [6.07, 6.45) is 0. The average molecular weight is 130 g/mol. The Kier molecular flexibility index (Phi) is 2.24. The number of rotatable bonds is 1. The second-order valence-electron chi connectivity index (χ2n) is 1.69. The van der Waals surface area contributed by atoms with E-state index in [4.69, 9.17) is 4.74 Å². The summed E-state index contributed by atoms with van der Waals surface area (Å²) in [6, 6.07) is 0. The molecule has 0 N–H and O–H groups in total. The molecule has 0 amide bonds. The van der Waals surface area contributed by atoms with Gasteiger partial charge in [-0.15, -0.1) is 0 Å². The Morgan fingerprint density at radius 2 is 2.00 bits per heavy atom. The van der Waals surface area contributed by atoms with Crippen molar-refractivity contribution in [3.63, 3.8) is 0 Å². The van der Waals surface area contributed by atoms with E-state index in [9.17, 15) is 0 Å². The van der Waals surface area contributed by atoms with E-state index in [1.807, 2.05) is 4.90 Å². The zero-order chi connectivity index (χ0) is 5.82. The fraction of sp³-hybridized carbons (Fsp3) is 0.800. The Hall–Kier alpha value is -0.150. The van der Waals surface area contributed by atoms with Crippen LogP contribution < -0.4 is 0 Å². The molecular formula is C5H8NOS. The van der Waals surface area contributed by atoms with Crippen LogP contribution in [0.3, 0.4) is 0 Å². The summed E-state index contributed by atoms with van der Waals surface area (Å²) in [5, 5.41) is 0. The van der Waals surface area contributed by atoms with Crippen LogP contribution in [0.4, 0.5) is 0 Å². The number of thiocarbonyl (C=S) groups is 1. The largest absolute Gasteiger partial charge is 0.378 e. The van der Waals surface area contributed by atoms with Gasteiger partial charge in [-0.1, -0.05) is 12.2 Å². The number of hydrogen-bond donors (Lipinski definition) is 0. The molecular weight excluding hydrogens is 122 g/mol. The summed E-state index contributed by atoms with van der Waals surface area (Å²) in [7, 11) is 0. The molecule has 3 heteroatoms. The highest BCUT2D eigenvalue weighted by molar-refractivity contribution is 7.78. The second-order valence-corrected chi connectivity index (χ2v) is 1.87. The van der Waals surface area contributed by atoms with E-state index in [0.29, 0.717) is 0 Å². The molecule has 0 aromatic carbocycles. The Morgan fingerprint density at radius 3 is 2.38 bits per heavy atom. The van der Waals surface area contributed by atoms with Gasteiger partial charge in [0, 0.05) is 13.1 Å². The van der Waals surface area contributed by atoms with Gasteiger partial charge in [-0.25, -0.2) is 0 Å². The van der Waals surface area contributed by atoms with Crippen LogP contribution in [0.25, 0.3) is 0 Å². The van der Waals surface area contributed by atoms with Crippen LogP contribution in [-0.4, -0.2) is 36.7 Å². The van der Waals surface area contributed by atoms with Crippen LogP contribution in [0.1, 0.15) is 0 Å². The summed E-state index contributed by atoms with van der Waals surface area (Å²) in [6.45, 7) is 3.40. The van der Waals surface area contributed by atoms with E-state index < -0.39 is 0 Å². The van der Waals surface area contributed by atoms with Crippen LogP contribution in [0.15, 0.2) is 0 Å². The van der Waals surface area contributed by atoms with Gasteiger partial charge in [-0.3, -0.25) is 0 Å². The molecule has 1 fully saturated rings. The standard InChI is InChI=1S/C5H8NOS/c8-5-6-1-3-7-4-2-6/h1-4H2. The van der Waals surface area contributed by atoms with Crippen LogP contribution in [0.2, 0.25) is 0 Å². The molecule has 1 heterocycles. The number of ether oxygens (including phenoxy) is 1. The van der Waals surface area contributed by atoms with Crippen molar-refractivity contribution in [3.8, 4) is 0 Å². The molecule has 8 heavy (non-hydrogen) atoms. The molecule has 0 aromatic heterocycles. The van der Waals surface area contributed by atoms with Crippen molar-refractivity contribution < 1.29 is 4.74 Å². The highest BCUT2D eigenvalue weighted by Gasteiger charge is 2.04. The van der Waals surface area contributed by atoms with E-state index >= 15 is 0 Å². The van der Waals surface area contributed by atoms with Gasteiger partial charge in [0.25, 0.3) is 0 Å². The Labute approximate surface area is 54.4 Å². The smallest absolute Gasteiger partial charge is 0.137 e. The van der Waals surface area contributed by atoms with Gasteiger partial charge in [0.2, 0.25) is 0 Å². The molecule has 2 nitrogen and oxygen atoms in total. The molecule has 0 bridgehead atoms. The monoisotopic (exact) mass is 130 g/mol. The summed E-state index contributed by atoms with van der Waals surface area (Å²) in [4.78, 5) is 1.96. The van der Waals surface area contributed by atoms with Gasteiger partial charge in [-0.2, -0.15) is 0 Å². The molecule has 1 saturated heterocycles. The molecule has 1 rings (SSSR count). The minimum absolute atomic E-state index is 0.795. The first-order chi connectivity index (χ1) is 3.93. The molecule has 0 spiro atoms. The van der Waals surface area contributed by atoms with Crippen molar-refractivity contribution in [2.24, 2.45) is 0 Å². The van der Waals surface area contributed by atoms with E-state index in [0.717, 1.165) is 26.3 Å². The van der Waals surface area contributed by atoms with E-state index in [1.165, 1.54) is 0 Å². The summed E-state index contributed by atoms with van der Waals surface area (Å²) in [5.74, 6) is 0. The Balaban J connectivity index is 2.22. The van der Waals surface area contributed by atoms with E-state index in [2.05, 4.69) is 17.7 Å². The molecule has 1 radical (unpaired) electrons. The minimum Gasteiger partial charge on any atom is -0.378 e. The van der Waals surface area contributed by atoms with Crippen molar-refractivity contribution in [2.45, 2.75) is 0 Å². The van der Waals surface area contributed by atoms with Gasteiger partial charge in [-0.05, 0) is 0 Å². The molecule has 1 aliphatic heterocycles. The lowest BCUT2D eigenvalue weighted by Gasteiger charge is -2.22. The zero-order valence-electron chi connectivity index (χ0n) is 4.59. The maximum Gasteiger partial charge on any atom is 0.137 e. The van der Waals surface area contributed by atoms with Gasteiger partial charge in [0.1, 0.15) is 5.49 Å². The zero-order valence-corrected chi connectivity index (χ0v) is 5.41. The third-order valence-corrected chi connectivity index (χ3v) is 1.40. The summed E-state index contributed by atoms with van der Waals surface area (Å²) in [5.41, 5.74) is 2.64. The predicted octanol–water partition coefficient (Wildman–Crippen LogP) is 0.153. The highest BCUT2D eigenvalue weighted by Crippen LogP contribution is 1.91. The SMILES string of the molecule is S=[C]N1CCOCC1. The van der Waals surface area contributed by atoms with Crippen molar-refractivity contribution in [1.29, 1.82) is 0 Å². The topological polar surface area (TPSA) is 12.5 Å². The fourth-order valence-electron chi connectivity index (χ4n) is 0.655. The lowest BCUT2D eigenvalue weighted by atomic mass is 10.5. The summed E-state index contributed by atoms with van der Waals surface area (Å²) < 4.78 is 5.07. The Morgan fingerprint density at radius 1 is 1.38 bits per heavy atom. The molecule has 0 unspecified atom stereocenters. The van der Waals surface area contributed by atoms with Gasteiger partial charge in [0.15, 0.2) is 0 Å². The van der Waals surface area contributed by atoms with Crippen LogP contribution in [0, 0.1) is 0 Å². The second kappa shape index (κ2) is 2.99. The third-order valence-electron chi connectivity index (χ3n) is 1.14. The molecule has 45 valence electrons. The molecule has 0 saturated carbocycles. The quantitative estimate of drug-likeness (QED) is 0.469. The molecule has 1 aliphatic rings. The van der Waals surface area contributed by atoms with Crippen LogP contribution in [0.5, 0.6) is 0 Å². The summed E-state index contributed by atoms with van der Waals surface area (Å²) >= 11 is 4.59. The number of morpholine rings is 1. The third kappa shape index (κ3) is 1.42. The lowest BCUT2D eigenvalue weighted by Crippen LogP contribution is -2.34. The van der Waals surface area contributed by atoms with Crippen molar-refractivity contribution in [1.82, 2.24) is 4.90 Å². The molecule has 0 aromatic rings. The van der Waals surface area contributed by atoms with Gasteiger partial charge < -0.3 is 9.64 Å². The minimum atomic E-state index is 0.795. The van der Waals surface area contributed by atoms with Gasteiger partial charge >= 0.3 is 0 Å². The average Bonchev–Trinajstić information content (AvgIpc) is 1.90. The Bertz CT molecular complexity index is 80.5. The maximum atomic E-state index is 5.07. The number of hydrogen-bond acceptors (Lipinski definition) is 2. The lowest BCUT2D eigenvalue weighted by molar-refractivity contribution is 0.0709. The van der Waals surface area contributed by atoms with Crippen LogP contribution >= 0.6 is 12.2 Å². The van der Waals surface area contributed by atoms with Crippen molar-refractivity contribution in [3.05, 3.63) is 0 Å². The molecule has 0 atom stereocenters. The van der Waals surface area contributed by atoms with E-state index in [1.54, 1.807) is 0 Å². The predicted molar refractivity (Wildman–Crippen MR) is 35.0 cm³/mol. The van der Waals surface area contributed by atoms with E-state index in [-0.39, 0.29) is 0 Å².